The highest BCUT2D eigenvalue weighted by Crippen LogP contribution is 2.32. The Kier molecular flexibility index (Phi) is 4.38. The van der Waals surface area contributed by atoms with E-state index in [1.54, 1.807) is 0 Å². The maximum absolute atomic E-state index is 13.5. The van der Waals surface area contributed by atoms with Gasteiger partial charge in [-0.3, -0.25) is 0 Å². The van der Waals surface area contributed by atoms with E-state index in [1.807, 2.05) is 0 Å². The first kappa shape index (κ1) is 14.2. The Morgan fingerprint density at radius 1 is 1.05 bits per heavy atom. The predicted molar refractivity (Wildman–Crippen MR) is 70.1 cm³/mol. The molecule has 1 atom stereocenters. The average Bonchev–Trinajstić information content (AvgIpc) is 2.34. The third-order valence-electron chi connectivity index (χ3n) is 2.73. The first-order valence-corrected chi connectivity index (χ1v) is 6.32. The van der Waals surface area contributed by atoms with Gasteiger partial charge in [0.15, 0.2) is 11.6 Å². The SMILES string of the molecule is Fc1ccc(C(Cl)Cc2cccc(F)c2F)c(Cl)c1. The van der Waals surface area contributed by atoms with Gasteiger partial charge in [0, 0.05) is 5.02 Å². The van der Waals surface area contributed by atoms with E-state index in [2.05, 4.69) is 0 Å². The molecular weight excluding hydrogens is 296 g/mol. The Bertz CT molecular complexity index is 599. The fraction of sp³-hybridized carbons (Fsp3) is 0.143. The van der Waals surface area contributed by atoms with Crippen molar-refractivity contribution in [2.45, 2.75) is 11.8 Å². The molecular formula is C14H9Cl2F3. The first-order chi connectivity index (χ1) is 8.99. The van der Waals surface area contributed by atoms with Crippen molar-refractivity contribution in [1.82, 2.24) is 0 Å². The largest absolute Gasteiger partial charge is 0.207 e. The van der Waals surface area contributed by atoms with Crippen molar-refractivity contribution in [3.8, 4) is 0 Å². The Labute approximate surface area is 118 Å². The highest BCUT2D eigenvalue weighted by atomic mass is 35.5. The van der Waals surface area contributed by atoms with Crippen molar-refractivity contribution < 1.29 is 13.2 Å². The van der Waals surface area contributed by atoms with Gasteiger partial charge in [0.1, 0.15) is 5.82 Å². The Hall–Kier alpha value is -1.19. The molecule has 19 heavy (non-hydrogen) atoms. The summed E-state index contributed by atoms with van der Waals surface area (Å²) in [6.45, 7) is 0. The summed E-state index contributed by atoms with van der Waals surface area (Å²) in [5, 5.41) is -0.499. The van der Waals surface area contributed by atoms with E-state index in [9.17, 15) is 13.2 Å². The van der Waals surface area contributed by atoms with Gasteiger partial charge in [0.2, 0.25) is 0 Å². The second-order valence-electron chi connectivity index (χ2n) is 4.05. The van der Waals surface area contributed by atoms with Gasteiger partial charge in [-0.1, -0.05) is 29.8 Å². The molecule has 100 valence electrons. The summed E-state index contributed by atoms with van der Waals surface area (Å²) in [6, 6.07) is 7.68. The van der Waals surface area contributed by atoms with Crippen molar-refractivity contribution in [3.63, 3.8) is 0 Å². The molecule has 2 rings (SSSR count). The zero-order valence-corrected chi connectivity index (χ0v) is 11.2. The van der Waals surface area contributed by atoms with Gasteiger partial charge in [-0.2, -0.15) is 0 Å². The molecule has 0 N–H and O–H groups in total. The fourth-order valence-electron chi connectivity index (χ4n) is 1.76. The molecule has 0 heterocycles. The number of halogens is 5. The van der Waals surface area contributed by atoms with Crippen LogP contribution in [0.15, 0.2) is 36.4 Å². The lowest BCUT2D eigenvalue weighted by molar-refractivity contribution is 0.498. The normalized spacial score (nSPS) is 12.5. The first-order valence-electron chi connectivity index (χ1n) is 5.51. The van der Waals surface area contributed by atoms with Crippen LogP contribution >= 0.6 is 23.2 Å². The van der Waals surface area contributed by atoms with Crippen LogP contribution in [0.4, 0.5) is 13.2 Å². The molecule has 0 bridgehead atoms. The minimum atomic E-state index is -0.925. The zero-order valence-electron chi connectivity index (χ0n) is 9.64. The predicted octanol–water partition coefficient (Wildman–Crippen LogP) is 5.28. The standard InChI is InChI=1S/C14H9Cl2F3/c15-11(10-5-4-9(17)7-12(10)16)6-8-2-1-3-13(18)14(8)19/h1-5,7,11H,6H2. The molecule has 0 nitrogen and oxygen atoms in total. The van der Waals surface area contributed by atoms with Gasteiger partial charge in [-0.25, -0.2) is 13.2 Å². The molecule has 0 spiro atoms. The summed E-state index contributed by atoms with van der Waals surface area (Å²) in [7, 11) is 0. The third kappa shape index (κ3) is 3.23. The molecule has 2 aromatic carbocycles. The molecule has 0 aliphatic heterocycles. The summed E-state index contributed by atoms with van der Waals surface area (Å²) in [6.07, 6.45) is 0.0660. The van der Waals surface area contributed by atoms with E-state index in [0.29, 0.717) is 5.56 Å². The highest BCUT2D eigenvalue weighted by Gasteiger charge is 2.16. The topological polar surface area (TPSA) is 0 Å². The van der Waals surface area contributed by atoms with Gasteiger partial charge in [-0.05, 0) is 35.7 Å². The minimum absolute atomic E-state index is 0.0660. The van der Waals surface area contributed by atoms with Crippen molar-refractivity contribution in [2.75, 3.05) is 0 Å². The summed E-state index contributed by atoms with van der Waals surface area (Å²) >= 11 is 12.0. The van der Waals surface area contributed by atoms with Crippen LogP contribution in [0, 0.1) is 17.5 Å². The highest BCUT2D eigenvalue weighted by molar-refractivity contribution is 6.32. The van der Waals surface area contributed by atoms with Crippen molar-refractivity contribution in [3.05, 3.63) is 70.0 Å². The van der Waals surface area contributed by atoms with Gasteiger partial charge in [-0.15, -0.1) is 11.6 Å². The second-order valence-corrected chi connectivity index (χ2v) is 4.98. The van der Waals surface area contributed by atoms with E-state index in [0.717, 1.165) is 12.1 Å². The molecule has 2 aromatic rings. The molecule has 0 saturated carbocycles. The molecule has 0 aliphatic rings. The van der Waals surface area contributed by atoms with E-state index in [4.69, 9.17) is 23.2 Å². The van der Waals surface area contributed by atoms with Crippen LogP contribution in [0.2, 0.25) is 5.02 Å². The lowest BCUT2D eigenvalue weighted by Crippen LogP contribution is -2.01. The minimum Gasteiger partial charge on any atom is -0.207 e. The molecule has 0 aliphatic carbocycles. The molecule has 0 fully saturated rings. The number of hydrogen-bond acceptors (Lipinski definition) is 0. The van der Waals surface area contributed by atoms with Gasteiger partial charge in [0.25, 0.3) is 0 Å². The van der Waals surface area contributed by atoms with Crippen LogP contribution in [-0.2, 0) is 6.42 Å². The average molecular weight is 305 g/mol. The van der Waals surface area contributed by atoms with Crippen LogP contribution in [0.25, 0.3) is 0 Å². The number of hydrogen-bond donors (Lipinski definition) is 0. The Morgan fingerprint density at radius 3 is 2.47 bits per heavy atom. The van der Waals surface area contributed by atoms with Crippen molar-refractivity contribution in [1.29, 1.82) is 0 Å². The lowest BCUT2D eigenvalue weighted by atomic mass is 10.0. The van der Waals surface area contributed by atoms with E-state index in [1.165, 1.54) is 24.3 Å². The molecule has 5 heteroatoms. The smallest absolute Gasteiger partial charge is 0.162 e. The maximum Gasteiger partial charge on any atom is 0.162 e. The van der Waals surface area contributed by atoms with E-state index < -0.39 is 22.8 Å². The number of alkyl halides is 1. The molecule has 0 radical (unpaired) electrons. The molecule has 1 unspecified atom stereocenters. The number of benzene rings is 2. The monoisotopic (exact) mass is 304 g/mol. The zero-order chi connectivity index (χ0) is 14.0. The summed E-state index contributed by atoms with van der Waals surface area (Å²) in [5.74, 6) is -2.33. The fourth-order valence-corrected chi connectivity index (χ4v) is 2.48. The van der Waals surface area contributed by atoms with Crippen LogP contribution in [0.3, 0.4) is 0 Å². The molecule has 0 amide bonds. The second kappa shape index (κ2) is 5.85. The van der Waals surface area contributed by atoms with Crippen LogP contribution < -0.4 is 0 Å². The van der Waals surface area contributed by atoms with Gasteiger partial charge in [0.05, 0.1) is 5.38 Å². The molecule has 0 saturated heterocycles. The van der Waals surface area contributed by atoms with Crippen LogP contribution in [-0.4, -0.2) is 0 Å². The van der Waals surface area contributed by atoms with Crippen molar-refractivity contribution >= 4 is 23.2 Å². The summed E-state index contributed by atoms with van der Waals surface area (Å²) in [4.78, 5) is 0. The Morgan fingerprint density at radius 2 is 1.79 bits per heavy atom. The summed E-state index contributed by atoms with van der Waals surface area (Å²) in [5.41, 5.74) is 0.633. The quantitative estimate of drug-likeness (QED) is 0.677. The van der Waals surface area contributed by atoms with E-state index in [-0.39, 0.29) is 17.0 Å². The van der Waals surface area contributed by atoms with Gasteiger partial charge < -0.3 is 0 Å². The van der Waals surface area contributed by atoms with Gasteiger partial charge >= 0.3 is 0 Å². The Balaban J connectivity index is 2.25. The van der Waals surface area contributed by atoms with Crippen LogP contribution in [0.1, 0.15) is 16.5 Å². The summed E-state index contributed by atoms with van der Waals surface area (Å²) < 4.78 is 39.5. The maximum atomic E-state index is 13.5. The lowest BCUT2D eigenvalue weighted by Gasteiger charge is -2.12. The van der Waals surface area contributed by atoms with Crippen molar-refractivity contribution in [2.24, 2.45) is 0 Å². The van der Waals surface area contributed by atoms with E-state index >= 15 is 0 Å². The third-order valence-corrected chi connectivity index (χ3v) is 3.45. The number of rotatable bonds is 3. The molecule has 0 aromatic heterocycles. The van der Waals surface area contributed by atoms with Crippen LogP contribution in [0.5, 0.6) is 0 Å².